The van der Waals surface area contributed by atoms with E-state index < -0.39 is 30.1 Å². The van der Waals surface area contributed by atoms with Gasteiger partial charge in [-0.15, -0.1) is 0 Å². The molecule has 1 amide bonds. The van der Waals surface area contributed by atoms with Crippen LogP contribution in [0, 0.1) is 5.41 Å². The maximum atomic E-state index is 12.7. The van der Waals surface area contributed by atoms with Crippen molar-refractivity contribution in [3.05, 3.63) is 70.9 Å². The number of nitrogens with two attached hydrogens (primary N) is 1. The lowest BCUT2D eigenvalue weighted by molar-refractivity contribution is -0.192. The van der Waals surface area contributed by atoms with Gasteiger partial charge in [0.15, 0.2) is 5.96 Å². The third-order valence-electron chi connectivity index (χ3n) is 4.48. The number of fused-ring (bicyclic) bond motifs is 1. The van der Waals surface area contributed by atoms with E-state index in [0.29, 0.717) is 15.8 Å². The van der Waals surface area contributed by atoms with Gasteiger partial charge in [0.2, 0.25) is 0 Å². The number of anilines is 1. The molecule has 0 saturated carbocycles. The van der Waals surface area contributed by atoms with Crippen molar-refractivity contribution in [3.8, 4) is 0 Å². The smallest absolute Gasteiger partial charge is 0.480 e. The molecule has 7 N–H and O–H groups in total. The maximum Gasteiger partial charge on any atom is 0.490 e. The number of guanidine groups is 1. The monoisotopic (exact) mass is 525 g/mol. The standard InChI is InChI=1S/C20H18ClN5O3.C2HF3O2/c21-15-10-24-17(26-20(22)23)14-9-12(6-7-13(14)15)18(27)25-16(19(28)29)8-11-4-2-1-3-5-11;3-2(4,5)1(6)7/h1-7,9-10,16H,8H2,(H,25,27)(H,28,29)(H4,22,23,24,26);(H,6,7). The van der Waals surface area contributed by atoms with Crippen molar-refractivity contribution in [3.63, 3.8) is 0 Å². The number of alkyl halides is 3. The molecule has 0 aliphatic rings. The molecular weight excluding hydrogens is 507 g/mol. The molecule has 0 fully saturated rings. The summed E-state index contributed by atoms with van der Waals surface area (Å²) >= 11 is 6.16. The largest absolute Gasteiger partial charge is 0.490 e. The summed E-state index contributed by atoms with van der Waals surface area (Å²) in [6.07, 6.45) is -3.52. The van der Waals surface area contributed by atoms with Gasteiger partial charge in [-0.2, -0.15) is 13.2 Å². The Morgan fingerprint density at radius 2 is 1.69 bits per heavy atom. The Kier molecular flexibility index (Phi) is 9.16. The van der Waals surface area contributed by atoms with Crippen LogP contribution in [0.4, 0.5) is 19.0 Å². The van der Waals surface area contributed by atoms with Crippen LogP contribution < -0.4 is 16.4 Å². The quantitative estimate of drug-likeness (QED) is 0.209. The molecule has 0 saturated heterocycles. The van der Waals surface area contributed by atoms with Crippen LogP contribution in [-0.2, 0) is 16.0 Å². The summed E-state index contributed by atoms with van der Waals surface area (Å²) in [5, 5.41) is 30.6. The number of aromatic nitrogens is 1. The van der Waals surface area contributed by atoms with Crippen LogP contribution in [0.15, 0.2) is 54.7 Å². The summed E-state index contributed by atoms with van der Waals surface area (Å²) in [5.41, 5.74) is 6.40. The van der Waals surface area contributed by atoms with E-state index in [2.05, 4.69) is 15.6 Å². The second-order valence-corrected chi connectivity index (χ2v) is 7.52. The predicted octanol–water partition coefficient (Wildman–Crippen LogP) is 3.25. The zero-order valence-electron chi connectivity index (χ0n) is 18.1. The molecule has 36 heavy (non-hydrogen) atoms. The van der Waals surface area contributed by atoms with Gasteiger partial charge in [0.05, 0.1) is 5.02 Å². The van der Waals surface area contributed by atoms with Crippen LogP contribution in [0.3, 0.4) is 0 Å². The second kappa shape index (κ2) is 11.8. The van der Waals surface area contributed by atoms with Crippen molar-refractivity contribution >= 4 is 52.0 Å². The molecule has 3 aromatic rings. The molecule has 1 unspecified atom stereocenters. The Bertz CT molecular complexity index is 1290. The Labute approximate surface area is 206 Å². The SMILES string of the molecule is N=C(N)Nc1ncc(Cl)c2ccc(C(=O)NC(Cc3ccccc3)C(=O)O)cc12.O=C(O)C(F)(F)F. The number of aliphatic carboxylic acids is 2. The molecule has 190 valence electrons. The van der Waals surface area contributed by atoms with Gasteiger partial charge in [0.1, 0.15) is 11.9 Å². The fourth-order valence-corrected chi connectivity index (χ4v) is 3.08. The van der Waals surface area contributed by atoms with E-state index in [1.165, 1.54) is 12.3 Å². The Morgan fingerprint density at radius 1 is 1.08 bits per heavy atom. The molecule has 0 radical (unpaired) electrons. The first-order chi connectivity index (χ1) is 16.8. The third-order valence-corrected chi connectivity index (χ3v) is 4.78. The molecule has 0 aliphatic carbocycles. The van der Waals surface area contributed by atoms with Crippen LogP contribution in [0.5, 0.6) is 0 Å². The number of benzene rings is 2. The molecule has 1 atom stereocenters. The molecule has 0 spiro atoms. The minimum Gasteiger partial charge on any atom is -0.480 e. The van der Waals surface area contributed by atoms with Crippen molar-refractivity contribution < 1.29 is 37.8 Å². The number of carboxylic acids is 2. The summed E-state index contributed by atoms with van der Waals surface area (Å²) in [5.74, 6) is -4.49. The van der Waals surface area contributed by atoms with Gasteiger partial charge < -0.3 is 26.6 Å². The number of nitrogens with one attached hydrogen (secondary N) is 3. The van der Waals surface area contributed by atoms with E-state index in [9.17, 15) is 27.9 Å². The van der Waals surface area contributed by atoms with Crippen LogP contribution in [0.2, 0.25) is 5.02 Å². The van der Waals surface area contributed by atoms with Crippen LogP contribution in [0.1, 0.15) is 15.9 Å². The fourth-order valence-electron chi connectivity index (χ4n) is 2.87. The molecular formula is C22H19ClF3N5O5. The van der Waals surface area contributed by atoms with E-state index in [0.717, 1.165) is 5.56 Å². The number of carbonyl (C=O) groups is 3. The topological polar surface area (TPSA) is 178 Å². The number of pyridine rings is 1. The number of hydrogen-bond acceptors (Lipinski definition) is 5. The first-order valence-electron chi connectivity index (χ1n) is 9.86. The Hall–Kier alpha value is -4.39. The van der Waals surface area contributed by atoms with E-state index in [1.54, 1.807) is 36.4 Å². The van der Waals surface area contributed by atoms with E-state index in [4.69, 9.17) is 32.6 Å². The number of amides is 1. The van der Waals surface area contributed by atoms with E-state index in [-0.39, 0.29) is 23.8 Å². The van der Waals surface area contributed by atoms with Gasteiger partial charge in [-0.05, 0) is 17.7 Å². The summed E-state index contributed by atoms with van der Waals surface area (Å²) < 4.78 is 31.7. The summed E-state index contributed by atoms with van der Waals surface area (Å²) in [6.45, 7) is 0. The van der Waals surface area contributed by atoms with Crippen LogP contribution in [-0.4, -0.2) is 51.2 Å². The summed E-state index contributed by atoms with van der Waals surface area (Å²) in [6, 6.07) is 12.6. The predicted molar refractivity (Wildman–Crippen MR) is 125 cm³/mol. The third kappa shape index (κ3) is 7.84. The molecule has 1 aromatic heterocycles. The lowest BCUT2D eigenvalue weighted by atomic mass is 10.0. The molecule has 0 bridgehead atoms. The number of halogens is 4. The zero-order valence-corrected chi connectivity index (χ0v) is 18.9. The summed E-state index contributed by atoms with van der Waals surface area (Å²) in [4.78, 5) is 37.3. The average molecular weight is 526 g/mol. The van der Waals surface area contributed by atoms with Crippen molar-refractivity contribution in [1.82, 2.24) is 10.3 Å². The minimum absolute atomic E-state index is 0.153. The highest BCUT2D eigenvalue weighted by Crippen LogP contribution is 2.28. The van der Waals surface area contributed by atoms with Crippen molar-refractivity contribution in [2.24, 2.45) is 5.73 Å². The Balaban J connectivity index is 0.000000572. The first kappa shape index (κ1) is 27.9. The molecule has 1 heterocycles. The minimum atomic E-state index is -5.08. The highest BCUT2D eigenvalue weighted by atomic mass is 35.5. The van der Waals surface area contributed by atoms with E-state index in [1.807, 2.05) is 6.07 Å². The molecule has 14 heteroatoms. The number of carboxylic acid groups (broad SMARTS) is 2. The fraction of sp³-hybridized carbons (Fsp3) is 0.136. The van der Waals surface area contributed by atoms with E-state index >= 15 is 0 Å². The number of hydrogen-bond donors (Lipinski definition) is 6. The molecule has 10 nitrogen and oxygen atoms in total. The van der Waals surface area contributed by atoms with Gasteiger partial charge in [-0.1, -0.05) is 48.0 Å². The molecule has 2 aromatic carbocycles. The second-order valence-electron chi connectivity index (χ2n) is 7.11. The Morgan fingerprint density at radius 3 is 2.22 bits per heavy atom. The van der Waals surface area contributed by atoms with Crippen molar-refractivity contribution in [2.75, 3.05) is 5.32 Å². The normalized spacial score (nSPS) is 11.6. The molecule has 0 aliphatic heterocycles. The summed E-state index contributed by atoms with van der Waals surface area (Å²) in [7, 11) is 0. The molecule has 3 rings (SSSR count). The number of nitrogens with zero attached hydrogens (tertiary/aromatic N) is 1. The van der Waals surface area contributed by atoms with Gasteiger partial charge in [0.25, 0.3) is 5.91 Å². The van der Waals surface area contributed by atoms with Gasteiger partial charge >= 0.3 is 18.1 Å². The number of carbonyl (C=O) groups excluding carboxylic acids is 1. The van der Waals surface area contributed by atoms with Gasteiger partial charge in [-0.3, -0.25) is 10.2 Å². The average Bonchev–Trinajstić information content (AvgIpc) is 2.80. The first-order valence-corrected chi connectivity index (χ1v) is 10.2. The van der Waals surface area contributed by atoms with Crippen molar-refractivity contribution in [2.45, 2.75) is 18.6 Å². The highest BCUT2D eigenvalue weighted by Gasteiger charge is 2.38. The lowest BCUT2D eigenvalue weighted by Crippen LogP contribution is -2.42. The zero-order chi connectivity index (χ0) is 27.0. The number of rotatable bonds is 6. The van der Waals surface area contributed by atoms with Crippen LogP contribution in [0.25, 0.3) is 10.8 Å². The highest BCUT2D eigenvalue weighted by molar-refractivity contribution is 6.36. The van der Waals surface area contributed by atoms with Gasteiger partial charge in [0, 0.05) is 29.0 Å². The maximum absolute atomic E-state index is 12.7. The lowest BCUT2D eigenvalue weighted by Gasteiger charge is -2.15. The van der Waals surface area contributed by atoms with Crippen molar-refractivity contribution in [1.29, 1.82) is 5.41 Å². The van der Waals surface area contributed by atoms with Crippen LogP contribution >= 0.6 is 11.6 Å². The van der Waals surface area contributed by atoms with Gasteiger partial charge in [-0.25, -0.2) is 14.6 Å².